The van der Waals surface area contributed by atoms with Gasteiger partial charge in [0.25, 0.3) is 6.57 Å². The summed E-state index contributed by atoms with van der Waals surface area (Å²) in [5, 5.41) is 5.04. The van der Waals surface area contributed by atoms with Crippen molar-refractivity contribution in [2.45, 2.75) is 6.18 Å². The molecular formula is C11H11ClF3N4O+. The molecule has 0 saturated heterocycles. The van der Waals surface area contributed by atoms with E-state index < -0.39 is 11.7 Å². The number of aromatic nitrogens is 1. The van der Waals surface area contributed by atoms with Crippen LogP contribution in [-0.4, -0.2) is 30.5 Å². The van der Waals surface area contributed by atoms with Gasteiger partial charge in [-0.2, -0.15) is 13.2 Å². The summed E-state index contributed by atoms with van der Waals surface area (Å²) in [5.41, 5.74) is -0.925. The lowest BCUT2D eigenvalue weighted by atomic mass is 10.3. The fourth-order valence-electron chi connectivity index (χ4n) is 1.24. The standard InChI is InChI=1S/C11H10ClF3N4O/c1-16-6-9(20)17-2-3-18-10-8(12)4-7(5-19-10)11(13,14)15/h1,4-5H,2-3,6H2,(H-,17,18,19,20)/p+1. The number of amides is 1. The molecule has 1 aromatic heterocycles. The Morgan fingerprint density at radius 3 is 2.70 bits per heavy atom. The zero-order chi connectivity index (χ0) is 15.2. The van der Waals surface area contributed by atoms with Crippen molar-refractivity contribution in [3.8, 4) is 6.57 Å². The topological polar surface area (TPSA) is 58.4 Å². The minimum Gasteiger partial charge on any atom is -0.367 e. The first-order chi connectivity index (χ1) is 9.34. The van der Waals surface area contributed by atoms with Crippen molar-refractivity contribution in [1.29, 1.82) is 0 Å². The lowest BCUT2D eigenvalue weighted by Crippen LogP contribution is -2.30. The molecule has 1 amide bonds. The SMILES string of the molecule is C#[N+]CC(=O)NCCNc1ncc(C(F)(F)F)cc1Cl. The van der Waals surface area contributed by atoms with Crippen LogP contribution in [0.5, 0.6) is 0 Å². The van der Waals surface area contributed by atoms with E-state index in [9.17, 15) is 18.0 Å². The summed E-state index contributed by atoms with van der Waals surface area (Å²) < 4.78 is 37.1. The van der Waals surface area contributed by atoms with Crippen LogP contribution in [0, 0.1) is 6.57 Å². The van der Waals surface area contributed by atoms with Gasteiger partial charge in [0.1, 0.15) is 5.82 Å². The van der Waals surface area contributed by atoms with E-state index in [1.54, 1.807) is 0 Å². The van der Waals surface area contributed by atoms with Crippen molar-refractivity contribution in [3.63, 3.8) is 0 Å². The number of nitrogens with one attached hydrogen (secondary N) is 2. The lowest BCUT2D eigenvalue weighted by molar-refractivity contribution is -0.137. The molecule has 0 saturated carbocycles. The molecule has 20 heavy (non-hydrogen) atoms. The average Bonchev–Trinajstić information content (AvgIpc) is 2.35. The number of hydrogen-bond donors (Lipinski definition) is 2. The first-order valence-electron chi connectivity index (χ1n) is 5.44. The molecule has 0 aliphatic rings. The Labute approximate surface area is 118 Å². The molecule has 0 atom stereocenters. The fourth-order valence-corrected chi connectivity index (χ4v) is 1.48. The minimum absolute atomic E-state index is 0.109. The maximum Gasteiger partial charge on any atom is 0.417 e. The van der Waals surface area contributed by atoms with E-state index in [0.717, 1.165) is 6.07 Å². The summed E-state index contributed by atoms with van der Waals surface area (Å²) in [5.74, 6) is -0.252. The zero-order valence-corrected chi connectivity index (χ0v) is 10.9. The molecule has 2 N–H and O–H groups in total. The van der Waals surface area contributed by atoms with Gasteiger partial charge in [0.2, 0.25) is 0 Å². The maximum absolute atomic E-state index is 12.4. The monoisotopic (exact) mass is 307 g/mol. The van der Waals surface area contributed by atoms with Crippen molar-refractivity contribution >= 4 is 23.3 Å². The van der Waals surface area contributed by atoms with Gasteiger partial charge in [0.15, 0.2) is 0 Å². The molecule has 1 aromatic rings. The first kappa shape index (κ1) is 16.0. The van der Waals surface area contributed by atoms with Gasteiger partial charge in [-0.1, -0.05) is 16.4 Å². The Hall–Kier alpha value is -2.01. The van der Waals surface area contributed by atoms with E-state index in [0.29, 0.717) is 6.20 Å². The number of hydrogen-bond acceptors (Lipinski definition) is 3. The average molecular weight is 308 g/mol. The van der Waals surface area contributed by atoms with Gasteiger partial charge in [0, 0.05) is 19.3 Å². The van der Waals surface area contributed by atoms with Crippen LogP contribution in [0.1, 0.15) is 5.56 Å². The van der Waals surface area contributed by atoms with Crippen molar-refractivity contribution in [2.75, 3.05) is 25.0 Å². The minimum atomic E-state index is -4.49. The van der Waals surface area contributed by atoms with Gasteiger partial charge in [-0.25, -0.2) is 4.98 Å². The Balaban J connectivity index is 2.50. The van der Waals surface area contributed by atoms with Gasteiger partial charge in [-0.3, -0.25) is 4.79 Å². The summed E-state index contributed by atoms with van der Waals surface area (Å²) in [4.78, 5) is 17.7. The van der Waals surface area contributed by atoms with Crippen LogP contribution in [0.3, 0.4) is 0 Å². The van der Waals surface area contributed by atoms with Gasteiger partial charge in [-0.05, 0) is 6.07 Å². The number of carbonyl (C=O) groups excluding carboxylic acids is 1. The summed E-state index contributed by atoms with van der Waals surface area (Å²) >= 11 is 5.68. The summed E-state index contributed by atoms with van der Waals surface area (Å²) in [6.45, 7) is 5.14. The van der Waals surface area contributed by atoms with Crippen molar-refractivity contribution in [1.82, 2.24) is 10.3 Å². The number of carbonyl (C=O) groups is 1. The molecule has 0 unspecified atom stereocenters. The second-order valence-corrected chi connectivity index (χ2v) is 4.08. The highest BCUT2D eigenvalue weighted by atomic mass is 35.5. The van der Waals surface area contributed by atoms with Crippen LogP contribution in [0.4, 0.5) is 19.0 Å². The van der Waals surface area contributed by atoms with E-state index in [1.807, 2.05) is 0 Å². The predicted molar refractivity (Wildman–Crippen MR) is 68.9 cm³/mol. The predicted octanol–water partition coefficient (Wildman–Crippen LogP) is 2.24. The van der Waals surface area contributed by atoms with Crippen LogP contribution >= 0.6 is 11.6 Å². The fraction of sp³-hybridized carbons (Fsp3) is 0.364. The molecular weight excluding hydrogens is 297 g/mol. The molecule has 0 aliphatic carbocycles. The van der Waals surface area contributed by atoms with Crippen molar-refractivity contribution in [3.05, 3.63) is 27.7 Å². The van der Waals surface area contributed by atoms with Gasteiger partial charge in [-0.15, -0.1) is 0 Å². The Kier molecular flexibility index (Phi) is 5.58. The molecule has 0 aliphatic heterocycles. The Bertz CT molecular complexity index is 527. The summed E-state index contributed by atoms with van der Waals surface area (Å²) in [7, 11) is 0. The number of alkyl halides is 3. The molecule has 0 fully saturated rings. The van der Waals surface area contributed by atoms with E-state index in [1.165, 1.54) is 0 Å². The van der Waals surface area contributed by atoms with E-state index in [-0.39, 0.29) is 36.4 Å². The van der Waals surface area contributed by atoms with Crippen molar-refractivity contribution in [2.24, 2.45) is 0 Å². The van der Waals surface area contributed by atoms with E-state index >= 15 is 0 Å². The molecule has 9 heteroatoms. The van der Waals surface area contributed by atoms with Gasteiger partial charge < -0.3 is 10.6 Å². The number of halogens is 4. The van der Waals surface area contributed by atoms with E-state index in [4.69, 9.17) is 18.2 Å². The number of pyridine rings is 1. The number of nitrogens with zero attached hydrogens (tertiary/aromatic N) is 2. The third kappa shape index (κ3) is 4.93. The van der Waals surface area contributed by atoms with Crippen LogP contribution in [0.25, 0.3) is 4.85 Å². The molecule has 1 heterocycles. The van der Waals surface area contributed by atoms with E-state index in [2.05, 4.69) is 20.5 Å². The molecule has 108 valence electrons. The second-order valence-electron chi connectivity index (χ2n) is 3.67. The van der Waals surface area contributed by atoms with Crippen LogP contribution < -0.4 is 10.6 Å². The second kappa shape index (κ2) is 6.96. The molecule has 0 bridgehead atoms. The quantitative estimate of drug-likeness (QED) is 0.820. The molecule has 0 radical (unpaired) electrons. The molecule has 0 aromatic carbocycles. The molecule has 0 spiro atoms. The zero-order valence-electron chi connectivity index (χ0n) is 10.2. The third-order valence-corrected chi connectivity index (χ3v) is 2.43. The maximum atomic E-state index is 12.4. The number of anilines is 1. The summed E-state index contributed by atoms with van der Waals surface area (Å²) in [6.07, 6.45) is -3.81. The summed E-state index contributed by atoms with van der Waals surface area (Å²) in [6, 6.07) is 0.781. The molecule has 1 rings (SSSR count). The van der Waals surface area contributed by atoms with Gasteiger partial charge in [0.05, 0.1) is 10.6 Å². The Morgan fingerprint density at radius 2 is 2.15 bits per heavy atom. The van der Waals surface area contributed by atoms with Crippen molar-refractivity contribution < 1.29 is 18.0 Å². The smallest absolute Gasteiger partial charge is 0.367 e. The highest BCUT2D eigenvalue weighted by Gasteiger charge is 2.31. The first-order valence-corrected chi connectivity index (χ1v) is 5.82. The normalized spacial score (nSPS) is 10.8. The lowest BCUT2D eigenvalue weighted by Gasteiger charge is -2.10. The Morgan fingerprint density at radius 1 is 1.45 bits per heavy atom. The van der Waals surface area contributed by atoms with Crippen LogP contribution in [0.15, 0.2) is 12.3 Å². The highest BCUT2D eigenvalue weighted by Crippen LogP contribution is 2.32. The van der Waals surface area contributed by atoms with Crippen LogP contribution in [0.2, 0.25) is 5.02 Å². The number of rotatable bonds is 5. The molecule has 5 nitrogen and oxygen atoms in total. The van der Waals surface area contributed by atoms with Crippen LogP contribution in [-0.2, 0) is 11.0 Å². The highest BCUT2D eigenvalue weighted by molar-refractivity contribution is 6.32. The third-order valence-electron chi connectivity index (χ3n) is 2.14. The largest absolute Gasteiger partial charge is 0.417 e. The van der Waals surface area contributed by atoms with Gasteiger partial charge >= 0.3 is 18.6 Å².